The number of nitrogens with zero attached hydrogens (tertiary/aromatic N) is 3. The van der Waals surface area contributed by atoms with Crippen LogP contribution >= 0.6 is 0 Å². The number of aromatic nitrogens is 1. The third-order valence-electron chi connectivity index (χ3n) is 5.20. The lowest BCUT2D eigenvalue weighted by atomic mass is 9.93. The van der Waals surface area contributed by atoms with Crippen molar-refractivity contribution < 1.29 is 9.53 Å². The molecular formula is C27H25N3O2. The van der Waals surface area contributed by atoms with Crippen molar-refractivity contribution in [1.82, 2.24) is 9.88 Å². The molecule has 0 aliphatic carbocycles. The van der Waals surface area contributed by atoms with Crippen molar-refractivity contribution in [3.63, 3.8) is 0 Å². The molecule has 0 saturated carbocycles. The Labute approximate surface area is 188 Å². The van der Waals surface area contributed by atoms with Gasteiger partial charge in [-0.2, -0.15) is 5.26 Å². The second-order valence-electron chi connectivity index (χ2n) is 8.85. The van der Waals surface area contributed by atoms with Crippen LogP contribution in [-0.2, 0) is 17.8 Å². The van der Waals surface area contributed by atoms with E-state index in [0.29, 0.717) is 18.7 Å². The molecule has 3 aromatic rings. The zero-order valence-electron chi connectivity index (χ0n) is 18.5. The minimum Gasteiger partial charge on any atom is -0.444 e. The number of hydrogen-bond acceptors (Lipinski definition) is 4. The van der Waals surface area contributed by atoms with Crippen molar-refractivity contribution in [3.05, 3.63) is 88.7 Å². The summed E-state index contributed by atoms with van der Waals surface area (Å²) in [6.45, 7) is 6.61. The number of fused-ring (bicyclic) bond motifs is 1. The summed E-state index contributed by atoms with van der Waals surface area (Å²) in [5, 5.41) is 9.14. The van der Waals surface area contributed by atoms with Gasteiger partial charge in [0.2, 0.25) is 0 Å². The van der Waals surface area contributed by atoms with Crippen LogP contribution in [0.5, 0.6) is 0 Å². The topological polar surface area (TPSA) is 66.2 Å². The van der Waals surface area contributed by atoms with Gasteiger partial charge < -0.3 is 4.74 Å². The van der Waals surface area contributed by atoms with Gasteiger partial charge in [0.25, 0.3) is 0 Å². The van der Waals surface area contributed by atoms with Crippen molar-refractivity contribution in [1.29, 1.82) is 5.26 Å². The summed E-state index contributed by atoms with van der Waals surface area (Å²) in [5.41, 5.74) is 6.42. The molecule has 0 spiro atoms. The highest BCUT2D eigenvalue weighted by Gasteiger charge is 2.29. The Morgan fingerprint density at radius 1 is 1.09 bits per heavy atom. The summed E-state index contributed by atoms with van der Waals surface area (Å²) in [5.74, 6) is 0. The molecule has 5 nitrogen and oxygen atoms in total. The average molecular weight is 424 g/mol. The van der Waals surface area contributed by atoms with E-state index in [0.717, 1.165) is 33.4 Å². The first-order chi connectivity index (χ1) is 15.3. The number of pyridine rings is 1. The van der Waals surface area contributed by atoms with Gasteiger partial charge in [-0.15, -0.1) is 0 Å². The molecule has 0 bridgehead atoms. The van der Waals surface area contributed by atoms with E-state index in [4.69, 9.17) is 10.00 Å². The SMILES string of the molecule is CC(C)(C)OC(=O)N1Cc2cc(C=Cc3cccnc3)cc(-c3ccc(C#N)cc3)c2C1. The lowest BCUT2D eigenvalue weighted by Gasteiger charge is -2.24. The molecule has 0 N–H and O–H groups in total. The van der Waals surface area contributed by atoms with E-state index in [1.807, 2.05) is 69.4 Å². The van der Waals surface area contributed by atoms with Gasteiger partial charge in [-0.1, -0.05) is 30.4 Å². The molecule has 0 unspecified atom stereocenters. The fourth-order valence-electron chi connectivity index (χ4n) is 3.74. The van der Waals surface area contributed by atoms with E-state index in [1.54, 1.807) is 11.1 Å². The number of amides is 1. The third kappa shape index (κ3) is 4.87. The minimum atomic E-state index is -0.542. The minimum absolute atomic E-state index is 0.313. The Kier molecular flexibility index (Phi) is 5.79. The summed E-state index contributed by atoms with van der Waals surface area (Å²) in [4.78, 5) is 18.6. The van der Waals surface area contributed by atoms with Crippen LogP contribution in [0.1, 0.15) is 48.6 Å². The normalized spacial score (nSPS) is 13.1. The van der Waals surface area contributed by atoms with Crippen LogP contribution in [0.25, 0.3) is 23.3 Å². The lowest BCUT2D eigenvalue weighted by molar-refractivity contribution is 0.0242. The zero-order chi connectivity index (χ0) is 22.7. The summed E-state index contributed by atoms with van der Waals surface area (Å²) >= 11 is 0. The van der Waals surface area contributed by atoms with Crippen molar-refractivity contribution in [2.45, 2.75) is 39.5 Å². The van der Waals surface area contributed by atoms with Crippen LogP contribution in [0.4, 0.5) is 4.79 Å². The van der Waals surface area contributed by atoms with Gasteiger partial charge >= 0.3 is 6.09 Å². The molecule has 4 rings (SSSR count). The number of carbonyl (C=O) groups is 1. The van der Waals surface area contributed by atoms with Gasteiger partial charge in [0.05, 0.1) is 18.2 Å². The Hall–Kier alpha value is -3.91. The van der Waals surface area contributed by atoms with E-state index in [-0.39, 0.29) is 6.09 Å². The van der Waals surface area contributed by atoms with Crippen LogP contribution in [0, 0.1) is 11.3 Å². The van der Waals surface area contributed by atoms with Crippen LogP contribution in [0.3, 0.4) is 0 Å². The first-order valence-electron chi connectivity index (χ1n) is 10.5. The van der Waals surface area contributed by atoms with E-state index >= 15 is 0 Å². The Morgan fingerprint density at radius 3 is 2.50 bits per heavy atom. The molecule has 1 amide bonds. The number of benzene rings is 2. The number of nitriles is 1. The fourth-order valence-corrected chi connectivity index (χ4v) is 3.74. The lowest BCUT2D eigenvalue weighted by Crippen LogP contribution is -2.33. The van der Waals surface area contributed by atoms with Gasteiger partial charge in [-0.25, -0.2) is 4.79 Å². The van der Waals surface area contributed by atoms with Crippen molar-refractivity contribution in [3.8, 4) is 17.2 Å². The van der Waals surface area contributed by atoms with Crippen LogP contribution < -0.4 is 0 Å². The number of carbonyl (C=O) groups excluding carboxylic acids is 1. The quantitative estimate of drug-likeness (QED) is 0.515. The van der Waals surface area contributed by atoms with Crippen molar-refractivity contribution in [2.75, 3.05) is 0 Å². The van der Waals surface area contributed by atoms with Gasteiger partial charge in [0.15, 0.2) is 0 Å². The predicted molar refractivity (Wildman–Crippen MR) is 125 cm³/mol. The number of ether oxygens (including phenoxy) is 1. The Balaban J connectivity index is 1.71. The molecule has 2 aromatic carbocycles. The third-order valence-corrected chi connectivity index (χ3v) is 5.20. The standard InChI is InChI=1S/C27H25N3O2/c1-27(2,3)32-26(31)30-17-23-13-21(7-6-20-5-4-12-29-16-20)14-24(25(23)18-30)22-10-8-19(15-28)9-11-22/h4-14,16H,17-18H2,1-3H3. The van der Waals surface area contributed by atoms with E-state index < -0.39 is 5.60 Å². The first kappa shape index (κ1) is 21.3. The van der Waals surface area contributed by atoms with Crippen LogP contribution in [0.2, 0.25) is 0 Å². The summed E-state index contributed by atoms with van der Waals surface area (Å²) in [6, 6.07) is 17.9. The van der Waals surface area contributed by atoms with Crippen molar-refractivity contribution >= 4 is 18.2 Å². The number of hydrogen-bond donors (Lipinski definition) is 0. The van der Waals surface area contributed by atoms with Gasteiger partial charge in [0.1, 0.15) is 5.60 Å². The van der Waals surface area contributed by atoms with E-state index in [2.05, 4.69) is 29.3 Å². The first-order valence-corrected chi connectivity index (χ1v) is 10.5. The molecule has 1 aliphatic rings. The highest BCUT2D eigenvalue weighted by molar-refractivity contribution is 5.79. The van der Waals surface area contributed by atoms with Gasteiger partial charge in [0, 0.05) is 18.9 Å². The molecule has 32 heavy (non-hydrogen) atoms. The summed E-state index contributed by atoms with van der Waals surface area (Å²) in [7, 11) is 0. The molecule has 2 heterocycles. The molecule has 0 atom stereocenters. The molecule has 5 heteroatoms. The predicted octanol–water partition coefficient (Wildman–Crippen LogP) is 6.04. The molecule has 1 aromatic heterocycles. The maximum atomic E-state index is 12.7. The molecule has 0 radical (unpaired) electrons. The van der Waals surface area contributed by atoms with Crippen LogP contribution in [-0.4, -0.2) is 21.6 Å². The van der Waals surface area contributed by atoms with Gasteiger partial charge in [-0.3, -0.25) is 9.88 Å². The summed E-state index contributed by atoms with van der Waals surface area (Å²) in [6.07, 6.45) is 7.33. The van der Waals surface area contributed by atoms with Crippen molar-refractivity contribution in [2.24, 2.45) is 0 Å². The Bertz CT molecular complexity index is 1200. The molecule has 0 fully saturated rings. The molecule has 0 saturated heterocycles. The van der Waals surface area contributed by atoms with E-state index in [9.17, 15) is 4.79 Å². The monoisotopic (exact) mass is 423 g/mol. The zero-order valence-corrected chi connectivity index (χ0v) is 18.5. The fraction of sp³-hybridized carbons (Fsp3) is 0.222. The van der Waals surface area contributed by atoms with Gasteiger partial charge in [-0.05, 0) is 84.5 Å². The largest absolute Gasteiger partial charge is 0.444 e. The second kappa shape index (κ2) is 8.68. The molecular weight excluding hydrogens is 398 g/mol. The molecule has 160 valence electrons. The number of rotatable bonds is 3. The maximum absolute atomic E-state index is 12.7. The van der Waals surface area contributed by atoms with E-state index in [1.165, 1.54) is 0 Å². The highest BCUT2D eigenvalue weighted by atomic mass is 16.6. The van der Waals surface area contributed by atoms with Crippen LogP contribution in [0.15, 0.2) is 60.9 Å². The smallest absolute Gasteiger partial charge is 0.410 e. The maximum Gasteiger partial charge on any atom is 0.410 e. The second-order valence-corrected chi connectivity index (χ2v) is 8.85. The summed E-state index contributed by atoms with van der Waals surface area (Å²) < 4.78 is 5.59. The Morgan fingerprint density at radius 2 is 1.84 bits per heavy atom. The average Bonchev–Trinajstić information content (AvgIpc) is 3.21. The highest BCUT2D eigenvalue weighted by Crippen LogP contribution is 2.35. The molecule has 1 aliphatic heterocycles.